The van der Waals surface area contributed by atoms with E-state index in [4.69, 9.17) is 5.11 Å². The average molecular weight is 200 g/mol. The highest BCUT2D eigenvalue weighted by Gasteiger charge is 2.27. The zero-order chi connectivity index (χ0) is 10.6. The standard InChI is InChI=1S/C10H20N2O2/c1-8(2)12(6-7-13)10(14)9-4-3-5-11-9/h8-9,11,13H,3-7H2,1-2H3. The monoisotopic (exact) mass is 200 g/mol. The lowest BCUT2D eigenvalue weighted by molar-refractivity contribution is -0.135. The van der Waals surface area contributed by atoms with Gasteiger partial charge in [-0.15, -0.1) is 0 Å². The van der Waals surface area contributed by atoms with E-state index in [9.17, 15) is 4.79 Å². The summed E-state index contributed by atoms with van der Waals surface area (Å²) < 4.78 is 0. The Balaban J connectivity index is 2.53. The molecule has 0 spiro atoms. The van der Waals surface area contributed by atoms with E-state index in [2.05, 4.69) is 5.32 Å². The molecule has 1 unspecified atom stereocenters. The van der Waals surface area contributed by atoms with Crippen molar-refractivity contribution < 1.29 is 9.90 Å². The predicted octanol–water partition coefficient (Wildman–Crippen LogP) is -0.0323. The Hall–Kier alpha value is -0.610. The van der Waals surface area contributed by atoms with Gasteiger partial charge < -0.3 is 15.3 Å². The van der Waals surface area contributed by atoms with Crippen LogP contribution in [0.1, 0.15) is 26.7 Å². The molecule has 1 amide bonds. The normalized spacial score (nSPS) is 21.6. The molecular weight excluding hydrogens is 180 g/mol. The lowest BCUT2D eigenvalue weighted by Gasteiger charge is -2.28. The quantitative estimate of drug-likeness (QED) is 0.670. The molecule has 1 aliphatic heterocycles. The van der Waals surface area contributed by atoms with Crippen LogP contribution in [0.2, 0.25) is 0 Å². The summed E-state index contributed by atoms with van der Waals surface area (Å²) >= 11 is 0. The molecule has 1 saturated heterocycles. The molecule has 0 aromatic carbocycles. The lowest BCUT2D eigenvalue weighted by atomic mass is 10.2. The van der Waals surface area contributed by atoms with Crippen LogP contribution in [-0.4, -0.2) is 47.7 Å². The highest BCUT2D eigenvalue weighted by atomic mass is 16.3. The van der Waals surface area contributed by atoms with Crippen LogP contribution in [0.25, 0.3) is 0 Å². The molecule has 1 aliphatic rings. The summed E-state index contributed by atoms with van der Waals surface area (Å²) in [5.74, 6) is 0.131. The zero-order valence-electron chi connectivity index (χ0n) is 8.99. The molecule has 4 heteroatoms. The Bertz CT molecular complexity index is 189. The molecule has 82 valence electrons. The summed E-state index contributed by atoms with van der Waals surface area (Å²) in [6.45, 7) is 5.36. The van der Waals surface area contributed by atoms with Gasteiger partial charge in [0.05, 0.1) is 12.6 Å². The van der Waals surface area contributed by atoms with Crippen molar-refractivity contribution in [2.75, 3.05) is 19.7 Å². The number of carbonyl (C=O) groups excluding carboxylic acids is 1. The fourth-order valence-electron chi connectivity index (χ4n) is 1.83. The summed E-state index contributed by atoms with van der Waals surface area (Å²) in [6, 6.07) is 0.140. The molecule has 14 heavy (non-hydrogen) atoms. The van der Waals surface area contributed by atoms with Crippen LogP contribution in [0.3, 0.4) is 0 Å². The van der Waals surface area contributed by atoms with Gasteiger partial charge in [-0.1, -0.05) is 0 Å². The topological polar surface area (TPSA) is 52.6 Å². The molecule has 0 bridgehead atoms. The van der Waals surface area contributed by atoms with Crippen LogP contribution >= 0.6 is 0 Å². The third kappa shape index (κ3) is 2.69. The molecule has 0 radical (unpaired) electrons. The van der Waals surface area contributed by atoms with Crippen LogP contribution in [0.4, 0.5) is 0 Å². The van der Waals surface area contributed by atoms with E-state index in [1.807, 2.05) is 13.8 Å². The van der Waals surface area contributed by atoms with E-state index in [1.165, 1.54) is 0 Å². The van der Waals surface area contributed by atoms with Gasteiger partial charge in [-0.25, -0.2) is 0 Å². The van der Waals surface area contributed by atoms with Crippen LogP contribution in [0.5, 0.6) is 0 Å². The second-order valence-corrected chi connectivity index (χ2v) is 4.00. The Morgan fingerprint density at radius 3 is 2.79 bits per heavy atom. The predicted molar refractivity (Wildman–Crippen MR) is 55.0 cm³/mol. The second kappa shape index (κ2) is 5.32. The first-order chi connectivity index (χ1) is 6.66. The molecule has 0 aliphatic carbocycles. The summed E-state index contributed by atoms with van der Waals surface area (Å²) in [4.78, 5) is 13.7. The summed E-state index contributed by atoms with van der Waals surface area (Å²) in [5.41, 5.74) is 0. The Kier molecular flexibility index (Phi) is 4.35. The van der Waals surface area contributed by atoms with Crippen molar-refractivity contribution >= 4 is 5.91 Å². The Morgan fingerprint density at radius 1 is 1.64 bits per heavy atom. The van der Waals surface area contributed by atoms with Crippen LogP contribution in [-0.2, 0) is 4.79 Å². The number of aliphatic hydroxyl groups excluding tert-OH is 1. The first-order valence-corrected chi connectivity index (χ1v) is 5.31. The van der Waals surface area contributed by atoms with Crippen molar-refractivity contribution in [2.45, 2.75) is 38.8 Å². The van der Waals surface area contributed by atoms with Crippen molar-refractivity contribution in [3.63, 3.8) is 0 Å². The Labute approximate surface area is 85.3 Å². The van der Waals surface area contributed by atoms with Gasteiger partial charge in [-0.3, -0.25) is 4.79 Å². The number of amides is 1. The SMILES string of the molecule is CC(C)N(CCO)C(=O)C1CCCN1. The molecule has 4 nitrogen and oxygen atoms in total. The van der Waals surface area contributed by atoms with Crippen molar-refractivity contribution in [1.29, 1.82) is 0 Å². The maximum absolute atomic E-state index is 11.9. The van der Waals surface area contributed by atoms with Gasteiger partial charge in [0.2, 0.25) is 5.91 Å². The molecular formula is C10H20N2O2. The molecule has 1 fully saturated rings. The summed E-state index contributed by atoms with van der Waals surface area (Å²) in [5, 5.41) is 12.0. The van der Waals surface area contributed by atoms with E-state index in [0.717, 1.165) is 19.4 Å². The molecule has 0 saturated carbocycles. The van der Waals surface area contributed by atoms with Crippen molar-refractivity contribution in [1.82, 2.24) is 10.2 Å². The maximum atomic E-state index is 11.9. The zero-order valence-corrected chi connectivity index (χ0v) is 8.99. The van der Waals surface area contributed by atoms with Crippen LogP contribution in [0.15, 0.2) is 0 Å². The minimum atomic E-state index is -0.0241. The minimum Gasteiger partial charge on any atom is -0.395 e. The third-order valence-electron chi connectivity index (χ3n) is 2.61. The van der Waals surface area contributed by atoms with Crippen LogP contribution < -0.4 is 5.32 Å². The summed E-state index contributed by atoms with van der Waals surface area (Å²) in [7, 11) is 0. The van der Waals surface area contributed by atoms with Gasteiger partial charge in [0.1, 0.15) is 0 Å². The van der Waals surface area contributed by atoms with E-state index in [-0.39, 0.29) is 24.6 Å². The highest BCUT2D eigenvalue weighted by Crippen LogP contribution is 2.10. The molecule has 1 rings (SSSR count). The smallest absolute Gasteiger partial charge is 0.240 e. The number of carbonyl (C=O) groups is 1. The van der Waals surface area contributed by atoms with Gasteiger partial charge in [0, 0.05) is 12.6 Å². The molecule has 2 N–H and O–H groups in total. The first kappa shape index (κ1) is 11.5. The number of hydrogen-bond acceptors (Lipinski definition) is 3. The molecule has 1 atom stereocenters. The van der Waals surface area contributed by atoms with Crippen molar-refractivity contribution in [3.8, 4) is 0 Å². The average Bonchev–Trinajstić information content (AvgIpc) is 2.65. The largest absolute Gasteiger partial charge is 0.395 e. The fourth-order valence-corrected chi connectivity index (χ4v) is 1.83. The fraction of sp³-hybridized carbons (Fsp3) is 0.900. The van der Waals surface area contributed by atoms with E-state index in [1.54, 1.807) is 4.90 Å². The first-order valence-electron chi connectivity index (χ1n) is 5.31. The number of aliphatic hydroxyl groups is 1. The van der Waals surface area contributed by atoms with Gasteiger partial charge in [0.25, 0.3) is 0 Å². The highest BCUT2D eigenvalue weighted by molar-refractivity contribution is 5.82. The Morgan fingerprint density at radius 2 is 2.36 bits per heavy atom. The van der Waals surface area contributed by atoms with E-state index >= 15 is 0 Å². The molecule has 0 aromatic heterocycles. The molecule has 1 heterocycles. The van der Waals surface area contributed by atoms with Gasteiger partial charge in [0.15, 0.2) is 0 Å². The van der Waals surface area contributed by atoms with Gasteiger partial charge in [-0.05, 0) is 33.2 Å². The number of rotatable bonds is 4. The maximum Gasteiger partial charge on any atom is 0.240 e. The van der Waals surface area contributed by atoms with Crippen LogP contribution in [0, 0.1) is 0 Å². The number of hydrogen-bond donors (Lipinski definition) is 2. The molecule has 0 aromatic rings. The van der Waals surface area contributed by atoms with Gasteiger partial charge >= 0.3 is 0 Å². The summed E-state index contributed by atoms with van der Waals surface area (Å²) in [6.07, 6.45) is 1.99. The second-order valence-electron chi connectivity index (χ2n) is 4.00. The van der Waals surface area contributed by atoms with E-state index < -0.39 is 0 Å². The van der Waals surface area contributed by atoms with Crippen molar-refractivity contribution in [3.05, 3.63) is 0 Å². The minimum absolute atomic E-state index is 0.0241. The third-order valence-corrected chi connectivity index (χ3v) is 2.61. The van der Waals surface area contributed by atoms with E-state index in [0.29, 0.717) is 6.54 Å². The number of nitrogens with zero attached hydrogens (tertiary/aromatic N) is 1. The lowest BCUT2D eigenvalue weighted by Crippen LogP contribution is -2.47. The number of nitrogens with one attached hydrogen (secondary N) is 1. The van der Waals surface area contributed by atoms with Crippen molar-refractivity contribution in [2.24, 2.45) is 0 Å². The van der Waals surface area contributed by atoms with Gasteiger partial charge in [-0.2, -0.15) is 0 Å².